The highest BCUT2D eigenvalue weighted by atomic mass is 35.5. The number of phenolic OH excluding ortho intramolecular Hbond substituents is 2. The van der Waals surface area contributed by atoms with E-state index in [2.05, 4.69) is 0 Å². The van der Waals surface area contributed by atoms with Crippen LogP contribution in [-0.2, 0) is 4.74 Å². The molecule has 0 spiro atoms. The molecule has 0 fully saturated rings. The number of esters is 1. The Morgan fingerprint density at radius 1 is 1.05 bits per heavy atom. The maximum absolute atomic E-state index is 12.4. The molecule has 0 unspecified atom stereocenters. The molecule has 0 aromatic heterocycles. The smallest absolute Gasteiger partial charge is 0.341 e. The third-order valence-corrected chi connectivity index (χ3v) is 3.19. The largest absolute Gasteiger partial charge is 0.507 e. The summed E-state index contributed by atoms with van der Waals surface area (Å²) in [6, 6.07) is 7.88. The Balaban J connectivity index is 2.44. The van der Waals surface area contributed by atoms with Crippen LogP contribution in [0.4, 0.5) is 0 Å². The minimum Gasteiger partial charge on any atom is -0.507 e. The van der Waals surface area contributed by atoms with E-state index in [4.69, 9.17) is 16.3 Å². The average Bonchev–Trinajstić information content (AvgIpc) is 2.49. The average molecular weight is 321 g/mol. The van der Waals surface area contributed by atoms with Crippen molar-refractivity contribution in [3.05, 3.63) is 58.1 Å². The van der Waals surface area contributed by atoms with Crippen LogP contribution in [0.3, 0.4) is 0 Å². The van der Waals surface area contributed by atoms with Crippen molar-refractivity contribution in [3.8, 4) is 11.5 Å². The number of halogens is 1. The Morgan fingerprint density at radius 2 is 1.68 bits per heavy atom. The number of ketones is 1. The van der Waals surface area contributed by atoms with Crippen LogP contribution >= 0.6 is 11.6 Å². The first-order valence-electron chi connectivity index (χ1n) is 6.47. The van der Waals surface area contributed by atoms with Crippen molar-refractivity contribution < 1.29 is 24.5 Å². The number of ether oxygens (including phenoxy) is 1. The van der Waals surface area contributed by atoms with E-state index < -0.39 is 11.8 Å². The fourth-order valence-corrected chi connectivity index (χ4v) is 2.07. The van der Waals surface area contributed by atoms with Gasteiger partial charge < -0.3 is 14.9 Å². The summed E-state index contributed by atoms with van der Waals surface area (Å²) in [6.45, 7) is 1.78. The predicted molar refractivity (Wildman–Crippen MR) is 80.6 cm³/mol. The van der Waals surface area contributed by atoms with Crippen LogP contribution in [0.1, 0.15) is 33.2 Å². The number of carbonyl (C=O) groups is 2. The zero-order valence-corrected chi connectivity index (χ0v) is 12.4. The molecule has 0 aliphatic carbocycles. The standard InChI is InChI=1S/C16H13ClO5/c1-2-22-16(21)12-7-9(3-5-14(12)19)15(20)11-8-10(17)4-6-13(11)18/h3-8,18-19H,2H2,1H3. The molecule has 2 aromatic carbocycles. The second-order valence-corrected chi connectivity index (χ2v) is 4.88. The van der Waals surface area contributed by atoms with Crippen LogP contribution in [0, 0.1) is 0 Å². The van der Waals surface area contributed by atoms with Crippen molar-refractivity contribution in [3.63, 3.8) is 0 Å². The van der Waals surface area contributed by atoms with Gasteiger partial charge in [0.1, 0.15) is 17.1 Å². The van der Waals surface area contributed by atoms with Crippen LogP contribution in [0.15, 0.2) is 36.4 Å². The molecule has 0 heterocycles. The second kappa shape index (κ2) is 6.49. The summed E-state index contributed by atoms with van der Waals surface area (Å²) in [6.07, 6.45) is 0. The number of phenols is 2. The Morgan fingerprint density at radius 3 is 2.36 bits per heavy atom. The summed E-state index contributed by atoms with van der Waals surface area (Å²) >= 11 is 5.82. The van der Waals surface area contributed by atoms with Gasteiger partial charge in [0.2, 0.25) is 0 Å². The van der Waals surface area contributed by atoms with Crippen molar-refractivity contribution in [2.75, 3.05) is 6.61 Å². The van der Waals surface area contributed by atoms with E-state index in [-0.39, 0.29) is 34.8 Å². The first-order valence-corrected chi connectivity index (χ1v) is 6.85. The Labute approximate surface area is 131 Å². The highest BCUT2D eigenvalue weighted by Crippen LogP contribution is 2.26. The lowest BCUT2D eigenvalue weighted by molar-refractivity contribution is 0.0523. The Bertz CT molecular complexity index is 739. The number of rotatable bonds is 4. The Kier molecular flexibility index (Phi) is 4.68. The van der Waals surface area contributed by atoms with Gasteiger partial charge in [-0.2, -0.15) is 0 Å². The third kappa shape index (κ3) is 3.20. The van der Waals surface area contributed by atoms with E-state index >= 15 is 0 Å². The van der Waals surface area contributed by atoms with Crippen molar-refractivity contribution in [1.29, 1.82) is 0 Å². The fraction of sp³-hybridized carbons (Fsp3) is 0.125. The van der Waals surface area contributed by atoms with E-state index in [0.29, 0.717) is 5.02 Å². The first kappa shape index (κ1) is 15.9. The molecule has 0 bridgehead atoms. The molecule has 6 heteroatoms. The lowest BCUT2D eigenvalue weighted by Gasteiger charge is -2.08. The minimum absolute atomic E-state index is 0.00741. The molecule has 114 valence electrons. The van der Waals surface area contributed by atoms with Gasteiger partial charge in [-0.05, 0) is 43.3 Å². The summed E-state index contributed by atoms with van der Waals surface area (Å²) in [5.74, 6) is -1.76. The van der Waals surface area contributed by atoms with Crippen LogP contribution < -0.4 is 0 Å². The molecular formula is C16H13ClO5. The fourth-order valence-electron chi connectivity index (χ4n) is 1.90. The lowest BCUT2D eigenvalue weighted by Crippen LogP contribution is -2.08. The van der Waals surface area contributed by atoms with Gasteiger partial charge in [-0.25, -0.2) is 4.79 Å². The number of hydrogen-bond acceptors (Lipinski definition) is 5. The monoisotopic (exact) mass is 320 g/mol. The van der Waals surface area contributed by atoms with Gasteiger partial charge >= 0.3 is 5.97 Å². The lowest BCUT2D eigenvalue weighted by atomic mass is 10.00. The summed E-state index contributed by atoms with van der Waals surface area (Å²) in [5.41, 5.74) is 0.0145. The number of hydrogen-bond donors (Lipinski definition) is 2. The first-order chi connectivity index (χ1) is 10.4. The third-order valence-electron chi connectivity index (χ3n) is 2.96. The highest BCUT2D eigenvalue weighted by Gasteiger charge is 2.19. The molecular weight excluding hydrogens is 308 g/mol. The van der Waals surface area contributed by atoms with Crippen molar-refractivity contribution in [2.45, 2.75) is 6.92 Å². The molecule has 0 atom stereocenters. The SMILES string of the molecule is CCOC(=O)c1cc(C(=O)c2cc(Cl)ccc2O)ccc1O. The van der Waals surface area contributed by atoms with Crippen molar-refractivity contribution in [1.82, 2.24) is 0 Å². The van der Waals surface area contributed by atoms with Crippen LogP contribution in [0.25, 0.3) is 0 Å². The second-order valence-electron chi connectivity index (χ2n) is 4.44. The van der Waals surface area contributed by atoms with Gasteiger partial charge in [0.15, 0.2) is 5.78 Å². The van der Waals surface area contributed by atoms with E-state index in [0.717, 1.165) is 0 Å². The maximum atomic E-state index is 12.4. The predicted octanol–water partition coefficient (Wildman–Crippen LogP) is 3.16. The molecule has 0 amide bonds. The summed E-state index contributed by atoms with van der Waals surface area (Å²) in [5, 5.41) is 19.8. The summed E-state index contributed by atoms with van der Waals surface area (Å²) in [4.78, 5) is 24.1. The molecule has 5 nitrogen and oxygen atoms in total. The van der Waals surface area contributed by atoms with Crippen LogP contribution in [0.2, 0.25) is 5.02 Å². The Hall–Kier alpha value is -2.53. The highest BCUT2D eigenvalue weighted by molar-refractivity contribution is 6.31. The van der Waals surface area contributed by atoms with E-state index in [1.54, 1.807) is 6.92 Å². The van der Waals surface area contributed by atoms with E-state index in [9.17, 15) is 19.8 Å². The maximum Gasteiger partial charge on any atom is 0.341 e. The van der Waals surface area contributed by atoms with Gasteiger partial charge in [-0.15, -0.1) is 0 Å². The van der Waals surface area contributed by atoms with Gasteiger partial charge in [0, 0.05) is 10.6 Å². The van der Waals surface area contributed by atoms with Gasteiger partial charge in [0.05, 0.1) is 12.2 Å². The zero-order chi connectivity index (χ0) is 16.3. The molecule has 0 saturated heterocycles. The van der Waals surface area contributed by atoms with Gasteiger partial charge in [-0.1, -0.05) is 11.6 Å². The number of benzene rings is 2. The quantitative estimate of drug-likeness (QED) is 0.668. The normalized spacial score (nSPS) is 10.3. The molecule has 2 aromatic rings. The topological polar surface area (TPSA) is 83.8 Å². The molecule has 2 rings (SSSR count). The molecule has 0 aliphatic heterocycles. The molecule has 0 saturated carbocycles. The minimum atomic E-state index is -0.732. The van der Waals surface area contributed by atoms with E-state index in [1.165, 1.54) is 36.4 Å². The van der Waals surface area contributed by atoms with Crippen LogP contribution in [0.5, 0.6) is 11.5 Å². The van der Waals surface area contributed by atoms with Gasteiger partial charge in [0.25, 0.3) is 0 Å². The number of carbonyl (C=O) groups excluding carboxylic acids is 2. The van der Waals surface area contributed by atoms with E-state index in [1.807, 2.05) is 0 Å². The summed E-state index contributed by atoms with van der Waals surface area (Å²) in [7, 11) is 0. The molecule has 0 radical (unpaired) electrons. The number of aromatic hydroxyl groups is 2. The zero-order valence-electron chi connectivity index (χ0n) is 11.7. The van der Waals surface area contributed by atoms with Crippen molar-refractivity contribution in [2.24, 2.45) is 0 Å². The molecule has 0 aliphatic rings. The van der Waals surface area contributed by atoms with Crippen molar-refractivity contribution >= 4 is 23.4 Å². The molecule has 22 heavy (non-hydrogen) atoms. The van der Waals surface area contributed by atoms with Crippen LogP contribution in [-0.4, -0.2) is 28.6 Å². The summed E-state index contributed by atoms with van der Waals surface area (Å²) < 4.78 is 4.81. The molecule has 2 N–H and O–H groups in total. The van der Waals surface area contributed by atoms with Gasteiger partial charge in [-0.3, -0.25) is 4.79 Å².